The maximum Gasteiger partial charge on any atom is 0.331 e. The van der Waals surface area contributed by atoms with Gasteiger partial charge >= 0.3 is 5.97 Å². The Morgan fingerprint density at radius 3 is 3.07 bits per heavy atom. The van der Waals surface area contributed by atoms with Crippen LogP contribution in [0.4, 0.5) is 0 Å². The second kappa shape index (κ2) is 3.57. The van der Waals surface area contributed by atoms with Gasteiger partial charge in [-0.15, -0.1) is 0 Å². The molecule has 0 fully saturated rings. The fourth-order valence-corrected chi connectivity index (χ4v) is 1.29. The van der Waals surface area contributed by atoms with E-state index in [-0.39, 0.29) is 0 Å². The third-order valence-corrected chi connectivity index (χ3v) is 2.10. The van der Waals surface area contributed by atoms with E-state index in [4.69, 9.17) is 9.63 Å². The van der Waals surface area contributed by atoms with Crippen LogP contribution in [0.15, 0.2) is 34.5 Å². The van der Waals surface area contributed by atoms with Gasteiger partial charge in [0.2, 0.25) is 0 Å². The van der Waals surface area contributed by atoms with Crippen LogP contribution < -0.4 is 0 Å². The molecule has 1 aromatic heterocycles. The topological polar surface area (TPSA) is 63.3 Å². The zero-order chi connectivity index (χ0) is 10.8. The number of carboxylic acids is 1. The third-order valence-electron chi connectivity index (χ3n) is 2.10. The number of fused-ring (bicyclic) bond motifs is 1. The maximum atomic E-state index is 10.6. The van der Waals surface area contributed by atoms with Crippen molar-refractivity contribution in [3.8, 4) is 0 Å². The van der Waals surface area contributed by atoms with E-state index in [1.807, 2.05) is 6.07 Å². The standard InChI is InChI=1S/C11H9NO3/c1-7(11(13)14)4-8-2-3-10-9(5-8)6-12-15-10/h2-6H,1H3,(H,13,14). The van der Waals surface area contributed by atoms with Gasteiger partial charge in [-0.05, 0) is 30.7 Å². The van der Waals surface area contributed by atoms with Crippen molar-refractivity contribution in [2.75, 3.05) is 0 Å². The summed E-state index contributed by atoms with van der Waals surface area (Å²) in [6.45, 7) is 1.56. The Bertz CT molecular complexity index is 540. The summed E-state index contributed by atoms with van der Waals surface area (Å²) in [4.78, 5) is 10.6. The van der Waals surface area contributed by atoms with Crippen molar-refractivity contribution >= 4 is 23.0 Å². The van der Waals surface area contributed by atoms with Crippen LogP contribution in [0, 0.1) is 0 Å². The summed E-state index contributed by atoms with van der Waals surface area (Å²) in [6, 6.07) is 5.39. The molecule has 0 aliphatic carbocycles. The van der Waals surface area contributed by atoms with Crippen LogP contribution in [0.25, 0.3) is 17.0 Å². The molecule has 2 aromatic rings. The van der Waals surface area contributed by atoms with E-state index < -0.39 is 5.97 Å². The smallest absolute Gasteiger partial charge is 0.331 e. The fourth-order valence-electron chi connectivity index (χ4n) is 1.29. The predicted molar refractivity (Wildman–Crippen MR) is 55.3 cm³/mol. The molecule has 4 heteroatoms. The number of nitrogens with zero attached hydrogens (tertiary/aromatic N) is 1. The first-order valence-corrected chi connectivity index (χ1v) is 4.43. The highest BCUT2D eigenvalue weighted by Crippen LogP contribution is 2.17. The summed E-state index contributed by atoms with van der Waals surface area (Å²) in [5.41, 5.74) is 1.82. The van der Waals surface area contributed by atoms with Gasteiger partial charge in [0.05, 0.1) is 6.20 Å². The number of carbonyl (C=O) groups is 1. The van der Waals surface area contributed by atoms with Gasteiger partial charge in [-0.25, -0.2) is 4.79 Å². The lowest BCUT2D eigenvalue weighted by atomic mass is 10.1. The van der Waals surface area contributed by atoms with Crippen molar-refractivity contribution in [1.29, 1.82) is 0 Å². The largest absolute Gasteiger partial charge is 0.478 e. The molecular weight excluding hydrogens is 194 g/mol. The maximum absolute atomic E-state index is 10.6. The first-order valence-electron chi connectivity index (χ1n) is 4.43. The van der Waals surface area contributed by atoms with Crippen LogP contribution in [0.1, 0.15) is 12.5 Å². The Balaban J connectivity index is 2.44. The summed E-state index contributed by atoms with van der Waals surface area (Å²) in [5.74, 6) is -0.916. The summed E-state index contributed by atoms with van der Waals surface area (Å²) in [5, 5.41) is 13.2. The Morgan fingerprint density at radius 1 is 1.53 bits per heavy atom. The minimum absolute atomic E-state index is 0.297. The zero-order valence-corrected chi connectivity index (χ0v) is 8.10. The number of hydrogen-bond donors (Lipinski definition) is 1. The number of aliphatic carboxylic acids is 1. The monoisotopic (exact) mass is 203 g/mol. The van der Waals surface area contributed by atoms with Crippen LogP contribution in [-0.2, 0) is 4.79 Å². The molecule has 0 aliphatic rings. The number of aromatic nitrogens is 1. The summed E-state index contributed by atoms with van der Waals surface area (Å²) < 4.78 is 4.94. The van der Waals surface area contributed by atoms with E-state index in [9.17, 15) is 4.79 Å². The number of carboxylic acid groups (broad SMARTS) is 1. The van der Waals surface area contributed by atoms with Crippen molar-refractivity contribution in [2.45, 2.75) is 6.92 Å². The molecule has 1 N–H and O–H groups in total. The molecule has 0 bridgehead atoms. The normalized spacial score (nSPS) is 11.9. The lowest BCUT2D eigenvalue weighted by molar-refractivity contribution is -0.132. The van der Waals surface area contributed by atoms with Gasteiger partial charge < -0.3 is 9.63 Å². The summed E-state index contributed by atoms with van der Waals surface area (Å²) in [7, 11) is 0. The molecule has 0 saturated heterocycles. The molecule has 76 valence electrons. The first-order chi connectivity index (χ1) is 7.16. The number of rotatable bonds is 2. The molecule has 0 aliphatic heterocycles. The first kappa shape index (κ1) is 9.45. The van der Waals surface area contributed by atoms with E-state index in [1.54, 1.807) is 31.3 Å². The molecule has 0 spiro atoms. The van der Waals surface area contributed by atoms with Gasteiger partial charge in [0.25, 0.3) is 0 Å². The minimum atomic E-state index is -0.916. The molecule has 2 rings (SSSR count). The Labute approximate surface area is 85.8 Å². The number of benzene rings is 1. The number of hydrogen-bond acceptors (Lipinski definition) is 3. The van der Waals surface area contributed by atoms with Crippen molar-refractivity contribution in [2.24, 2.45) is 0 Å². The van der Waals surface area contributed by atoms with Gasteiger partial charge in [0.15, 0.2) is 5.58 Å². The van der Waals surface area contributed by atoms with Crippen LogP contribution >= 0.6 is 0 Å². The fraction of sp³-hybridized carbons (Fsp3) is 0.0909. The quantitative estimate of drug-likeness (QED) is 0.760. The molecule has 0 saturated carbocycles. The van der Waals surface area contributed by atoms with E-state index in [0.717, 1.165) is 10.9 Å². The molecular formula is C11H9NO3. The van der Waals surface area contributed by atoms with Crippen molar-refractivity contribution in [3.63, 3.8) is 0 Å². The van der Waals surface area contributed by atoms with E-state index >= 15 is 0 Å². The minimum Gasteiger partial charge on any atom is -0.478 e. The third kappa shape index (κ3) is 1.88. The molecule has 1 heterocycles. The van der Waals surface area contributed by atoms with Gasteiger partial charge in [0, 0.05) is 11.0 Å². The molecule has 0 unspecified atom stereocenters. The van der Waals surface area contributed by atoms with E-state index in [0.29, 0.717) is 11.2 Å². The lowest BCUT2D eigenvalue weighted by Crippen LogP contribution is -1.95. The second-order valence-corrected chi connectivity index (χ2v) is 3.26. The Hall–Kier alpha value is -2.10. The average molecular weight is 203 g/mol. The SMILES string of the molecule is CC(=Cc1ccc2oncc2c1)C(=O)O. The zero-order valence-electron chi connectivity index (χ0n) is 8.10. The Kier molecular flexibility index (Phi) is 2.25. The molecule has 0 atom stereocenters. The van der Waals surface area contributed by atoms with Gasteiger partial charge in [-0.3, -0.25) is 0 Å². The van der Waals surface area contributed by atoms with Crippen LogP contribution in [-0.4, -0.2) is 16.2 Å². The molecule has 0 amide bonds. The average Bonchev–Trinajstić information content (AvgIpc) is 2.64. The van der Waals surface area contributed by atoms with Crippen molar-refractivity contribution in [3.05, 3.63) is 35.5 Å². The van der Waals surface area contributed by atoms with E-state index in [1.165, 1.54) is 0 Å². The molecule has 4 nitrogen and oxygen atoms in total. The van der Waals surface area contributed by atoms with Crippen LogP contribution in [0.2, 0.25) is 0 Å². The lowest BCUT2D eigenvalue weighted by Gasteiger charge is -1.95. The van der Waals surface area contributed by atoms with E-state index in [2.05, 4.69) is 5.16 Å². The van der Waals surface area contributed by atoms with Gasteiger partial charge in [-0.2, -0.15) is 0 Å². The van der Waals surface area contributed by atoms with Crippen molar-refractivity contribution in [1.82, 2.24) is 5.16 Å². The van der Waals surface area contributed by atoms with Gasteiger partial charge in [-0.1, -0.05) is 11.2 Å². The van der Waals surface area contributed by atoms with Gasteiger partial charge in [0.1, 0.15) is 0 Å². The Morgan fingerprint density at radius 2 is 2.33 bits per heavy atom. The summed E-state index contributed by atoms with van der Waals surface area (Å²) >= 11 is 0. The molecule has 15 heavy (non-hydrogen) atoms. The predicted octanol–water partition coefficient (Wildman–Crippen LogP) is 2.32. The highest BCUT2D eigenvalue weighted by Gasteiger charge is 2.02. The molecule has 1 aromatic carbocycles. The molecule has 0 radical (unpaired) electrons. The second-order valence-electron chi connectivity index (χ2n) is 3.26. The highest BCUT2D eigenvalue weighted by atomic mass is 16.5. The van der Waals surface area contributed by atoms with Crippen LogP contribution in [0.5, 0.6) is 0 Å². The summed E-state index contributed by atoms with van der Waals surface area (Å²) in [6.07, 6.45) is 3.21. The van der Waals surface area contributed by atoms with Crippen LogP contribution in [0.3, 0.4) is 0 Å². The van der Waals surface area contributed by atoms with Crippen molar-refractivity contribution < 1.29 is 14.4 Å². The highest BCUT2D eigenvalue weighted by molar-refractivity contribution is 5.92.